The molecule has 168 valence electrons. The minimum Gasteiger partial charge on any atom is -0.487 e. The van der Waals surface area contributed by atoms with Crippen molar-refractivity contribution in [3.8, 4) is 5.75 Å². The summed E-state index contributed by atoms with van der Waals surface area (Å²) in [6, 6.07) is 18.3. The molecule has 33 heavy (non-hydrogen) atoms. The minimum absolute atomic E-state index is 0.0127. The fraction of sp³-hybridized carbons (Fsp3) is 0.296. The molecule has 1 saturated carbocycles. The summed E-state index contributed by atoms with van der Waals surface area (Å²) in [4.78, 5) is 21.1. The van der Waals surface area contributed by atoms with Crippen LogP contribution in [0.2, 0.25) is 0 Å². The molecule has 2 heterocycles. The van der Waals surface area contributed by atoms with Gasteiger partial charge in [0.25, 0.3) is 0 Å². The predicted octanol–water partition coefficient (Wildman–Crippen LogP) is 6.07. The number of carbonyl (C=O) groups excluding carboxylic acids is 1. The summed E-state index contributed by atoms with van der Waals surface area (Å²) in [7, 11) is 0. The first kappa shape index (κ1) is 21.8. The Kier molecular flexibility index (Phi) is 5.57. The number of aryl methyl sites for hydroxylation is 1. The number of ether oxygens (including phenoxy) is 1. The number of rotatable bonds is 7. The molecule has 0 radical (unpaired) electrons. The maximum absolute atomic E-state index is 11.7. The molecule has 5 rings (SSSR count). The molecule has 0 bridgehead atoms. The lowest BCUT2D eigenvalue weighted by atomic mass is 10.1. The summed E-state index contributed by atoms with van der Waals surface area (Å²) in [5, 5.41) is 0. The molecule has 0 N–H and O–H groups in total. The molecule has 0 amide bonds. The zero-order valence-corrected chi connectivity index (χ0v) is 20.5. The van der Waals surface area contributed by atoms with Crippen LogP contribution in [0.25, 0.3) is 11.0 Å². The van der Waals surface area contributed by atoms with Gasteiger partial charge in [-0.1, -0.05) is 48.0 Å². The van der Waals surface area contributed by atoms with E-state index in [1.807, 2.05) is 55.6 Å². The molecular formula is C27H26BrN3O2. The Hall–Kier alpha value is -2.99. The normalized spacial score (nSPS) is 18.9. The lowest BCUT2D eigenvalue weighted by Crippen LogP contribution is -2.06. The Balaban J connectivity index is 1.51. The predicted molar refractivity (Wildman–Crippen MR) is 132 cm³/mol. The van der Waals surface area contributed by atoms with Crippen molar-refractivity contribution < 1.29 is 9.53 Å². The van der Waals surface area contributed by atoms with Crippen LogP contribution in [0, 0.1) is 18.3 Å². The topological polar surface area (TPSA) is 57.0 Å². The highest BCUT2D eigenvalue weighted by Crippen LogP contribution is 2.63. The van der Waals surface area contributed by atoms with Gasteiger partial charge in [0.1, 0.15) is 24.5 Å². The Morgan fingerprint density at radius 3 is 2.58 bits per heavy atom. The van der Waals surface area contributed by atoms with Gasteiger partial charge in [-0.05, 0) is 53.8 Å². The van der Waals surface area contributed by atoms with Crippen LogP contribution >= 0.6 is 15.9 Å². The van der Waals surface area contributed by atoms with Gasteiger partial charge in [0.15, 0.2) is 0 Å². The maximum atomic E-state index is 11.7. The summed E-state index contributed by atoms with van der Waals surface area (Å²) < 4.78 is 9.35. The van der Waals surface area contributed by atoms with E-state index in [9.17, 15) is 4.79 Å². The van der Waals surface area contributed by atoms with Crippen LogP contribution in [0.4, 0.5) is 0 Å². The van der Waals surface area contributed by atoms with E-state index in [-0.39, 0.29) is 17.3 Å². The summed E-state index contributed by atoms with van der Waals surface area (Å²) in [6.45, 7) is 7.39. The van der Waals surface area contributed by atoms with E-state index in [1.165, 1.54) is 5.56 Å². The smallest absolute Gasteiger partial charge is 0.130 e. The monoisotopic (exact) mass is 503 g/mol. The average molecular weight is 504 g/mol. The van der Waals surface area contributed by atoms with Gasteiger partial charge in [-0.15, -0.1) is 0 Å². The first-order chi connectivity index (χ1) is 15.9. The third kappa shape index (κ3) is 4.20. The summed E-state index contributed by atoms with van der Waals surface area (Å²) >= 11 is 3.51. The third-order valence-corrected chi connectivity index (χ3v) is 7.23. The van der Waals surface area contributed by atoms with E-state index in [4.69, 9.17) is 9.72 Å². The van der Waals surface area contributed by atoms with Crippen molar-refractivity contribution in [3.05, 3.63) is 87.9 Å². The van der Waals surface area contributed by atoms with Gasteiger partial charge >= 0.3 is 0 Å². The summed E-state index contributed by atoms with van der Waals surface area (Å²) in [6.07, 6.45) is 2.93. The van der Waals surface area contributed by atoms with Crippen LogP contribution in [0.5, 0.6) is 5.75 Å². The average Bonchev–Trinajstić information content (AvgIpc) is 3.19. The number of imidazole rings is 1. The van der Waals surface area contributed by atoms with E-state index in [2.05, 4.69) is 51.5 Å². The van der Waals surface area contributed by atoms with Crippen LogP contribution < -0.4 is 4.74 Å². The number of hydrogen-bond acceptors (Lipinski definition) is 4. The Bertz CT molecular complexity index is 1310. The fourth-order valence-electron chi connectivity index (χ4n) is 4.55. The first-order valence-electron chi connectivity index (χ1n) is 11.1. The number of hydrogen-bond donors (Lipinski definition) is 0. The largest absolute Gasteiger partial charge is 0.487 e. The molecule has 5 nitrogen and oxygen atoms in total. The summed E-state index contributed by atoms with van der Waals surface area (Å²) in [5.74, 6) is 1.84. The number of nitrogens with zero attached hydrogens (tertiary/aromatic N) is 3. The number of halogens is 1. The lowest BCUT2D eigenvalue weighted by molar-refractivity contribution is -0.109. The molecule has 0 aliphatic heterocycles. The van der Waals surface area contributed by atoms with Crippen LogP contribution in [0.1, 0.15) is 42.4 Å². The van der Waals surface area contributed by atoms with Gasteiger partial charge < -0.3 is 14.1 Å². The van der Waals surface area contributed by atoms with Gasteiger partial charge in [-0.2, -0.15) is 0 Å². The number of pyridine rings is 1. The van der Waals surface area contributed by atoms with Gasteiger partial charge in [0.2, 0.25) is 0 Å². The zero-order valence-electron chi connectivity index (χ0n) is 19.0. The van der Waals surface area contributed by atoms with Crippen molar-refractivity contribution >= 4 is 33.2 Å². The van der Waals surface area contributed by atoms with Crippen molar-refractivity contribution in [2.45, 2.75) is 39.8 Å². The molecule has 1 aliphatic rings. The maximum Gasteiger partial charge on any atom is 0.130 e. The first-order valence-corrected chi connectivity index (χ1v) is 11.9. The van der Waals surface area contributed by atoms with E-state index in [0.29, 0.717) is 13.2 Å². The summed E-state index contributed by atoms with van der Waals surface area (Å²) in [5.41, 5.74) is 5.02. The number of fused-ring (bicyclic) bond motifs is 1. The fourth-order valence-corrected chi connectivity index (χ4v) is 4.82. The molecular weight excluding hydrogens is 478 g/mol. The van der Waals surface area contributed by atoms with E-state index < -0.39 is 0 Å². The highest BCUT2D eigenvalue weighted by Gasteiger charge is 2.60. The molecule has 0 saturated heterocycles. The van der Waals surface area contributed by atoms with Gasteiger partial charge in [-0.25, -0.2) is 4.98 Å². The zero-order chi connectivity index (χ0) is 23.2. The quantitative estimate of drug-likeness (QED) is 0.287. The van der Waals surface area contributed by atoms with Crippen molar-refractivity contribution in [2.24, 2.45) is 11.3 Å². The van der Waals surface area contributed by atoms with Crippen molar-refractivity contribution in [3.63, 3.8) is 0 Å². The van der Waals surface area contributed by atoms with E-state index >= 15 is 0 Å². The molecule has 2 unspecified atom stereocenters. The number of aldehydes is 1. The number of aromatic nitrogens is 3. The molecule has 2 atom stereocenters. The van der Waals surface area contributed by atoms with Crippen LogP contribution in [0.3, 0.4) is 0 Å². The number of carbonyl (C=O) groups is 1. The highest BCUT2D eigenvalue weighted by molar-refractivity contribution is 9.10. The van der Waals surface area contributed by atoms with Gasteiger partial charge in [0, 0.05) is 35.1 Å². The second kappa shape index (κ2) is 8.41. The second-order valence-corrected chi connectivity index (χ2v) is 10.3. The van der Waals surface area contributed by atoms with E-state index in [0.717, 1.165) is 44.6 Å². The molecule has 1 aliphatic carbocycles. The van der Waals surface area contributed by atoms with Crippen molar-refractivity contribution in [1.29, 1.82) is 0 Å². The Morgan fingerprint density at radius 1 is 1.12 bits per heavy atom. The number of benzene rings is 2. The Morgan fingerprint density at radius 2 is 1.91 bits per heavy atom. The molecule has 0 spiro atoms. The SMILES string of the molecule is Cc1ccc(COc2ccc3nc(C4C(C=O)C4(C)C)n(Cc4ccc(Br)cc4)c3c2)nc1. The minimum atomic E-state index is -0.0863. The molecule has 6 heteroatoms. The van der Waals surface area contributed by atoms with Gasteiger partial charge in [-0.3, -0.25) is 4.98 Å². The molecule has 4 aromatic rings. The van der Waals surface area contributed by atoms with Crippen LogP contribution in [0.15, 0.2) is 65.3 Å². The third-order valence-electron chi connectivity index (χ3n) is 6.70. The van der Waals surface area contributed by atoms with E-state index in [1.54, 1.807) is 0 Å². The van der Waals surface area contributed by atoms with Crippen molar-refractivity contribution in [1.82, 2.24) is 14.5 Å². The Labute approximate surface area is 202 Å². The lowest BCUT2D eigenvalue weighted by Gasteiger charge is -2.12. The standard InChI is InChI=1S/C27H26BrN3O2/c1-17-4-9-20(29-13-17)16-33-21-10-11-23-24(12-21)31(14-18-5-7-19(28)8-6-18)26(30-23)25-22(15-32)27(25,2)3/h4-13,15,22,25H,14,16H2,1-3H3. The highest BCUT2D eigenvalue weighted by atomic mass is 79.9. The molecule has 2 aromatic heterocycles. The van der Waals surface area contributed by atoms with Crippen LogP contribution in [-0.4, -0.2) is 20.8 Å². The second-order valence-electron chi connectivity index (χ2n) is 9.41. The van der Waals surface area contributed by atoms with Crippen molar-refractivity contribution in [2.75, 3.05) is 0 Å². The van der Waals surface area contributed by atoms with Gasteiger partial charge in [0.05, 0.1) is 16.7 Å². The van der Waals surface area contributed by atoms with Crippen LogP contribution in [-0.2, 0) is 17.9 Å². The molecule has 1 fully saturated rings. The molecule has 2 aromatic carbocycles.